The zero-order chi connectivity index (χ0) is 28.2. The van der Waals surface area contributed by atoms with E-state index in [1.54, 1.807) is 65.2 Å². The summed E-state index contributed by atoms with van der Waals surface area (Å²) in [5.41, 5.74) is 3.29. The number of ether oxygens (including phenoxy) is 1. The molecule has 40 heavy (non-hydrogen) atoms. The number of nitrogens with zero attached hydrogens (tertiary/aromatic N) is 4. The highest BCUT2D eigenvalue weighted by Gasteiger charge is 2.21. The second-order valence-electron chi connectivity index (χ2n) is 8.58. The average molecular weight is 537 g/mol. The minimum atomic E-state index is -0.759. The van der Waals surface area contributed by atoms with Gasteiger partial charge in [-0.1, -0.05) is 24.3 Å². The Balaban J connectivity index is 1.28. The average Bonchev–Trinajstić information content (AvgIpc) is 2.96. The van der Waals surface area contributed by atoms with Crippen molar-refractivity contribution in [3.63, 3.8) is 0 Å². The topological polar surface area (TPSA) is 159 Å². The number of amides is 1. The fraction of sp³-hybridized carbons (Fsp3) is 0.0357. The maximum Gasteiger partial charge on any atom is 0.318 e. The molecule has 5 aromatic rings. The number of carbonyl (C=O) groups excluding carboxylic acids is 1. The van der Waals surface area contributed by atoms with E-state index < -0.39 is 27.1 Å². The quantitative estimate of drug-likeness (QED) is 0.127. The Bertz CT molecular complexity index is 1820. The fourth-order valence-corrected chi connectivity index (χ4v) is 4.20. The predicted molar refractivity (Wildman–Crippen MR) is 148 cm³/mol. The molecule has 0 aliphatic carbocycles. The zero-order valence-corrected chi connectivity index (χ0v) is 20.6. The summed E-state index contributed by atoms with van der Waals surface area (Å²) in [4.78, 5) is 46.3. The monoisotopic (exact) mass is 537 g/mol. The largest absolute Gasteiger partial charge is 0.450 e. The lowest BCUT2D eigenvalue weighted by molar-refractivity contribution is -0.394. The van der Waals surface area contributed by atoms with Gasteiger partial charge in [-0.15, -0.1) is 0 Å². The predicted octanol–water partition coefficient (Wildman–Crippen LogP) is 4.91. The van der Waals surface area contributed by atoms with E-state index in [1.807, 2.05) is 0 Å². The molecule has 1 aromatic heterocycles. The third-order valence-corrected chi connectivity index (χ3v) is 6.04. The van der Waals surface area contributed by atoms with Crippen molar-refractivity contribution in [2.45, 2.75) is 6.54 Å². The lowest BCUT2D eigenvalue weighted by Gasteiger charge is -2.14. The normalized spacial score (nSPS) is 11.1. The van der Waals surface area contributed by atoms with Crippen molar-refractivity contribution in [3.8, 4) is 11.5 Å². The number of nitro benzene ring substituents is 2. The molecule has 0 atom stereocenters. The van der Waals surface area contributed by atoms with E-state index in [0.29, 0.717) is 27.4 Å². The lowest BCUT2D eigenvalue weighted by Crippen LogP contribution is -2.25. The molecule has 0 bridgehead atoms. The molecule has 0 saturated carbocycles. The number of nitro groups is 2. The summed E-state index contributed by atoms with van der Waals surface area (Å²) in [5.74, 6) is -0.289. The molecule has 0 unspecified atom stereocenters. The van der Waals surface area contributed by atoms with Gasteiger partial charge in [0.25, 0.3) is 11.6 Å². The van der Waals surface area contributed by atoms with E-state index in [4.69, 9.17) is 4.74 Å². The molecular weight excluding hydrogens is 518 g/mol. The first-order valence-electron chi connectivity index (χ1n) is 11.8. The van der Waals surface area contributed by atoms with Crippen molar-refractivity contribution in [2.24, 2.45) is 5.10 Å². The molecule has 0 fully saturated rings. The SMILES string of the molecule is O=C(Cn1c2ccccc2c(=O)c2ccccc21)N/N=C/c1ccc(Oc2ccc([N+](=O)[O-])cc2[N+](=O)[O-])cc1. The van der Waals surface area contributed by atoms with Crippen LogP contribution in [-0.2, 0) is 11.3 Å². The second-order valence-corrected chi connectivity index (χ2v) is 8.58. The number of para-hydroxylation sites is 2. The van der Waals surface area contributed by atoms with Crippen LogP contribution in [0.4, 0.5) is 11.4 Å². The molecule has 5 rings (SSSR count). The Labute approximate surface area is 225 Å². The minimum absolute atomic E-state index is 0.0700. The second kappa shape index (κ2) is 10.8. The van der Waals surface area contributed by atoms with Gasteiger partial charge in [0, 0.05) is 16.8 Å². The number of pyridine rings is 1. The Morgan fingerprint density at radius 1 is 0.875 bits per heavy atom. The molecule has 0 spiro atoms. The minimum Gasteiger partial charge on any atom is -0.450 e. The number of benzene rings is 4. The number of hydrogen-bond acceptors (Lipinski definition) is 8. The van der Waals surface area contributed by atoms with Gasteiger partial charge in [-0.05, 0) is 60.2 Å². The molecule has 0 saturated heterocycles. The zero-order valence-electron chi connectivity index (χ0n) is 20.6. The van der Waals surface area contributed by atoms with E-state index >= 15 is 0 Å². The molecule has 12 heteroatoms. The highest BCUT2D eigenvalue weighted by atomic mass is 16.6. The summed E-state index contributed by atoms with van der Waals surface area (Å²) in [6.07, 6.45) is 1.41. The highest BCUT2D eigenvalue weighted by Crippen LogP contribution is 2.34. The summed E-state index contributed by atoms with van der Waals surface area (Å²) in [6.45, 7) is -0.0700. The van der Waals surface area contributed by atoms with Gasteiger partial charge in [0.05, 0.1) is 33.2 Å². The van der Waals surface area contributed by atoms with E-state index in [0.717, 1.165) is 18.2 Å². The number of non-ortho nitro benzene ring substituents is 1. The third kappa shape index (κ3) is 5.22. The van der Waals surface area contributed by atoms with Gasteiger partial charge in [0.1, 0.15) is 12.3 Å². The standard InChI is InChI=1S/C28H19N5O7/c34-27(17-31-23-7-3-1-5-21(23)28(35)22-6-2-4-8-24(22)31)30-29-16-18-9-12-20(13-10-18)40-26-14-11-19(32(36)37)15-25(26)33(38)39/h1-16H,17H2,(H,30,34)/b29-16+. The van der Waals surface area contributed by atoms with Crippen LogP contribution in [0, 0.1) is 20.2 Å². The van der Waals surface area contributed by atoms with Crippen molar-refractivity contribution < 1.29 is 19.4 Å². The Kier molecular flexibility index (Phi) is 6.97. The molecule has 1 heterocycles. The molecular formula is C28H19N5O7. The van der Waals surface area contributed by atoms with Crippen LogP contribution in [0.5, 0.6) is 11.5 Å². The molecule has 198 valence electrons. The Morgan fingerprint density at radius 3 is 2.10 bits per heavy atom. The van der Waals surface area contributed by atoms with Gasteiger partial charge in [-0.3, -0.25) is 29.8 Å². The van der Waals surface area contributed by atoms with Crippen LogP contribution in [0.3, 0.4) is 0 Å². The number of nitrogens with one attached hydrogen (secondary N) is 1. The van der Waals surface area contributed by atoms with Crippen LogP contribution in [0.1, 0.15) is 5.56 Å². The molecule has 12 nitrogen and oxygen atoms in total. The van der Waals surface area contributed by atoms with Gasteiger partial charge in [-0.2, -0.15) is 5.10 Å². The third-order valence-electron chi connectivity index (χ3n) is 6.04. The summed E-state index contributed by atoms with van der Waals surface area (Å²) in [5, 5.41) is 27.2. The van der Waals surface area contributed by atoms with Gasteiger partial charge < -0.3 is 9.30 Å². The maximum absolute atomic E-state index is 12.9. The maximum atomic E-state index is 12.9. The van der Waals surface area contributed by atoms with Crippen LogP contribution < -0.4 is 15.6 Å². The molecule has 4 aromatic carbocycles. The molecule has 1 amide bonds. The van der Waals surface area contributed by atoms with Gasteiger partial charge in [0.2, 0.25) is 5.75 Å². The fourth-order valence-electron chi connectivity index (χ4n) is 4.20. The summed E-state index contributed by atoms with van der Waals surface area (Å²) >= 11 is 0. The smallest absolute Gasteiger partial charge is 0.318 e. The summed E-state index contributed by atoms with van der Waals surface area (Å²) in [7, 11) is 0. The molecule has 0 aliphatic rings. The Morgan fingerprint density at radius 2 is 1.50 bits per heavy atom. The number of rotatable bonds is 8. The van der Waals surface area contributed by atoms with E-state index in [9.17, 15) is 29.8 Å². The first-order chi connectivity index (χ1) is 19.3. The number of aromatic nitrogens is 1. The van der Waals surface area contributed by atoms with E-state index in [-0.39, 0.29) is 23.5 Å². The van der Waals surface area contributed by atoms with Crippen molar-refractivity contribution in [1.29, 1.82) is 0 Å². The van der Waals surface area contributed by atoms with Gasteiger partial charge in [-0.25, -0.2) is 5.43 Å². The van der Waals surface area contributed by atoms with E-state index in [1.165, 1.54) is 18.3 Å². The lowest BCUT2D eigenvalue weighted by atomic mass is 10.1. The molecule has 0 radical (unpaired) electrons. The van der Waals surface area contributed by atoms with Crippen LogP contribution in [-0.4, -0.2) is 26.5 Å². The Hall–Kier alpha value is -5.91. The number of hydrazone groups is 1. The molecule has 1 N–H and O–H groups in total. The van der Waals surface area contributed by atoms with Gasteiger partial charge >= 0.3 is 5.69 Å². The van der Waals surface area contributed by atoms with Crippen LogP contribution in [0.25, 0.3) is 21.8 Å². The van der Waals surface area contributed by atoms with Crippen molar-refractivity contribution in [2.75, 3.05) is 0 Å². The van der Waals surface area contributed by atoms with Crippen LogP contribution >= 0.6 is 0 Å². The summed E-state index contributed by atoms with van der Waals surface area (Å²) < 4.78 is 7.31. The highest BCUT2D eigenvalue weighted by molar-refractivity contribution is 5.95. The van der Waals surface area contributed by atoms with Crippen LogP contribution in [0.15, 0.2) is 101 Å². The number of hydrogen-bond donors (Lipinski definition) is 1. The van der Waals surface area contributed by atoms with Crippen molar-refractivity contribution in [1.82, 2.24) is 9.99 Å². The van der Waals surface area contributed by atoms with Crippen LogP contribution in [0.2, 0.25) is 0 Å². The van der Waals surface area contributed by atoms with Gasteiger partial charge in [0.15, 0.2) is 5.43 Å². The van der Waals surface area contributed by atoms with Crippen molar-refractivity contribution in [3.05, 3.63) is 127 Å². The van der Waals surface area contributed by atoms with Crippen molar-refractivity contribution >= 4 is 45.3 Å². The summed E-state index contributed by atoms with van der Waals surface area (Å²) in [6, 6.07) is 23.6. The number of carbonyl (C=O) groups is 1. The van der Waals surface area contributed by atoms with E-state index in [2.05, 4.69) is 10.5 Å². The first-order valence-corrected chi connectivity index (χ1v) is 11.8. The first kappa shape index (κ1) is 25.7. The molecule has 0 aliphatic heterocycles. The number of fused-ring (bicyclic) bond motifs is 2.